The first-order valence-corrected chi connectivity index (χ1v) is 6.28. The molecule has 16 heavy (non-hydrogen) atoms. The van der Waals surface area contributed by atoms with E-state index in [2.05, 4.69) is 19.2 Å². The molecule has 0 saturated carbocycles. The fourth-order valence-electron chi connectivity index (χ4n) is 1.92. The van der Waals surface area contributed by atoms with Crippen molar-refractivity contribution in [3.63, 3.8) is 0 Å². The molecule has 96 valence electrons. The normalized spacial score (nSPS) is 20.2. The van der Waals surface area contributed by atoms with Crippen molar-refractivity contribution >= 4 is 0 Å². The molecule has 0 spiro atoms. The fraction of sp³-hybridized carbons (Fsp3) is 1.00. The lowest BCUT2D eigenvalue weighted by Gasteiger charge is -2.24. The Morgan fingerprint density at radius 2 is 2.06 bits per heavy atom. The molecular weight excluding hydrogens is 206 g/mol. The molecule has 4 heteroatoms. The average Bonchev–Trinajstić information content (AvgIpc) is 2.28. The van der Waals surface area contributed by atoms with Crippen molar-refractivity contribution < 1.29 is 14.6 Å². The van der Waals surface area contributed by atoms with Crippen LogP contribution in [0, 0.1) is 0 Å². The third-order valence-electron chi connectivity index (χ3n) is 2.78. The third-order valence-corrected chi connectivity index (χ3v) is 2.78. The van der Waals surface area contributed by atoms with Crippen molar-refractivity contribution in [2.45, 2.75) is 51.3 Å². The average molecular weight is 231 g/mol. The summed E-state index contributed by atoms with van der Waals surface area (Å²) in [5, 5.41) is 12.5. The van der Waals surface area contributed by atoms with E-state index in [-0.39, 0.29) is 12.6 Å². The monoisotopic (exact) mass is 231 g/mol. The predicted octanol–water partition coefficient (Wildman–Crippen LogP) is 0.931. The van der Waals surface area contributed by atoms with Gasteiger partial charge in [0.25, 0.3) is 0 Å². The van der Waals surface area contributed by atoms with Crippen LogP contribution >= 0.6 is 0 Å². The lowest BCUT2D eigenvalue weighted by Crippen LogP contribution is -2.38. The van der Waals surface area contributed by atoms with Gasteiger partial charge in [-0.05, 0) is 19.3 Å². The zero-order valence-electron chi connectivity index (χ0n) is 10.4. The van der Waals surface area contributed by atoms with Gasteiger partial charge in [-0.3, -0.25) is 0 Å². The number of hydrogen-bond donors (Lipinski definition) is 2. The van der Waals surface area contributed by atoms with Crippen molar-refractivity contribution in [2.75, 3.05) is 26.4 Å². The van der Waals surface area contributed by atoms with Gasteiger partial charge in [-0.15, -0.1) is 0 Å². The molecule has 0 aromatic carbocycles. The molecule has 0 amide bonds. The first-order valence-electron chi connectivity index (χ1n) is 6.28. The van der Waals surface area contributed by atoms with Crippen molar-refractivity contribution in [3.8, 4) is 0 Å². The number of aliphatic hydroxyl groups is 1. The van der Waals surface area contributed by atoms with E-state index in [1.807, 2.05) is 0 Å². The molecular formula is C12H25NO3. The third kappa shape index (κ3) is 5.80. The molecule has 1 unspecified atom stereocenters. The quantitative estimate of drug-likeness (QED) is 0.684. The molecule has 4 nitrogen and oxygen atoms in total. The lowest BCUT2D eigenvalue weighted by atomic mass is 10.1. The molecule has 0 aromatic heterocycles. The number of hydrogen-bond acceptors (Lipinski definition) is 4. The van der Waals surface area contributed by atoms with Crippen LogP contribution in [0.3, 0.4) is 0 Å². The second-order valence-corrected chi connectivity index (χ2v) is 4.67. The van der Waals surface area contributed by atoms with Crippen LogP contribution in [0.25, 0.3) is 0 Å². The topological polar surface area (TPSA) is 50.7 Å². The van der Waals surface area contributed by atoms with Gasteiger partial charge in [0.05, 0.1) is 12.7 Å². The molecule has 1 rings (SSSR count). The molecule has 0 radical (unpaired) electrons. The maximum Gasteiger partial charge on any atom is 0.0619 e. The fourth-order valence-corrected chi connectivity index (χ4v) is 1.92. The number of ether oxygens (including phenoxy) is 2. The van der Waals surface area contributed by atoms with Crippen LogP contribution in [0.4, 0.5) is 0 Å². The van der Waals surface area contributed by atoms with Gasteiger partial charge >= 0.3 is 0 Å². The molecule has 1 heterocycles. The first-order chi connectivity index (χ1) is 7.72. The molecule has 1 atom stereocenters. The van der Waals surface area contributed by atoms with Crippen LogP contribution in [0.5, 0.6) is 0 Å². The molecule has 1 fully saturated rings. The summed E-state index contributed by atoms with van der Waals surface area (Å²) >= 11 is 0. The number of nitrogens with one attached hydrogen (secondary N) is 1. The smallest absolute Gasteiger partial charge is 0.0619 e. The highest BCUT2D eigenvalue weighted by Gasteiger charge is 2.15. The van der Waals surface area contributed by atoms with Crippen LogP contribution in [-0.4, -0.2) is 49.7 Å². The molecule has 0 aromatic rings. The highest BCUT2D eigenvalue weighted by Crippen LogP contribution is 2.11. The van der Waals surface area contributed by atoms with Gasteiger partial charge in [0.15, 0.2) is 0 Å². The Balaban J connectivity index is 2.07. The first kappa shape index (κ1) is 13.9. The Bertz CT molecular complexity index is 170. The Kier molecular flexibility index (Phi) is 6.96. The Morgan fingerprint density at radius 1 is 1.38 bits per heavy atom. The Hall–Kier alpha value is -0.160. The van der Waals surface area contributed by atoms with Crippen LogP contribution in [0.2, 0.25) is 0 Å². The zero-order valence-corrected chi connectivity index (χ0v) is 10.4. The van der Waals surface area contributed by atoms with E-state index in [4.69, 9.17) is 9.47 Å². The summed E-state index contributed by atoms with van der Waals surface area (Å²) < 4.78 is 11.0. The highest BCUT2D eigenvalue weighted by atomic mass is 16.5. The minimum absolute atomic E-state index is 0.153. The van der Waals surface area contributed by atoms with E-state index in [0.29, 0.717) is 12.1 Å². The SMILES string of the molecule is CC(C)NC(CO)CCOC1CCOCC1. The van der Waals surface area contributed by atoms with E-state index in [9.17, 15) is 5.11 Å². The second kappa shape index (κ2) is 8.01. The van der Waals surface area contributed by atoms with Crippen molar-refractivity contribution in [1.29, 1.82) is 0 Å². The van der Waals surface area contributed by atoms with Crippen LogP contribution in [0.1, 0.15) is 33.1 Å². The standard InChI is InChI=1S/C12H25NO3/c1-10(2)13-11(9-14)3-8-16-12-4-6-15-7-5-12/h10-14H,3-9H2,1-2H3. The molecule has 1 saturated heterocycles. The van der Waals surface area contributed by atoms with E-state index in [1.165, 1.54) is 0 Å². The van der Waals surface area contributed by atoms with Crippen LogP contribution in [0.15, 0.2) is 0 Å². The van der Waals surface area contributed by atoms with Gasteiger partial charge in [-0.2, -0.15) is 0 Å². The molecule has 0 bridgehead atoms. The predicted molar refractivity (Wildman–Crippen MR) is 63.6 cm³/mol. The lowest BCUT2D eigenvalue weighted by molar-refractivity contribution is -0.0351. The minimum Gasteiger partial charge on any atom is -0.395 e. The van der Waals surface area contributed by atoms with Crippen LogP contribution < -0.4 is 5.32 Å². The van der Waals surface area contributed by atoms with Gasteiger partial charge in [0.1, 0.15) is 0 Å². The molecule has 2 N–H and O–H groups in total. The summed E-state index contributed by atoms with van der Waals surface area (Å²) in [6, 6.07) is 0.556. The van der Waals surface area contributed by atoms with Crippen molar-refractivity contribution in [2.24, 2.45) is 0 Å². The van der Waals surface area contributed by atoms with Crippen molar-refractivity contribution in [3.05, 3.63) is 0 Å². The number of aliphatic hydroxyl groups excluding tert-OH is 1. The van der Waals surface area contributed by atoms with Gasteiger partial charge in [-0.25, -0.2) is 0 Å². The summed E-state index contributed by atoms with van der Waals surface area (Å²) in [5.74, 6) is 0. The van der Waals surface area contributed by atoms with Crippen LogP contribution in [-0.2, 0) is 9.47 Å². The largest absolute Gasteiger partial charge is 0.395 e. The van der Waals surface area contributed by atoms with E-state index in [0.717, 1.165) is 39.1 Å². The van der Waals surface area contributed by atoms with Gasteiger partial charge in [0, 0.05) is 31.9 Å². The van der Waals surface area contributed by atoms with Gasteiger partial charge in [-0.1, -0.05) is 13.8 Å². The molecule has 1 aliphatic heterocycles. The summed E-state index contributed by atoms with van der Waals surface area (Å²) in [4.78, 5) is 0. The highest BCUT2D eigenvalue weighted by molar-refractivity contribution is 4.69. The maximum atomic E-state index is 9.17. The molecule has 0 aliphatic carbocycles. The Labute approximate surface area is 98.3 Å². The summed E-state index contributed by atoms with van der Waals surface area (Å²) in [6.45, 7) is 6.70. The van der Waals surface area contributed by atoms with Gasteiger partial charge in [0.2, 0.25) is 0 Å². The van der Waals surface area contributed by atoms with Gasteiger partial charge < -0.3 is 19.9 Å². The zero-order chi connectivity index (χ0) is 11.8. The van der Waals surface area contributed by atoms with E-state index in [1.54, 1.807) is 0 Å². The number of rotatable bonds is 7. The van der Waals surface area contributed by atoms with Crippen molar-refractivity contribution in [1.82, 2.24) is 5.32 Å². The Morgan fingerprint density at radius 3 is 2.62 bits per heavy atom. The molecule has 1 aliphatic rings. The minimum atomic E-state index is 0.153. The summed E-state index contributed by atoms with van der Waals surface area (Å²) in [5.41, 5.74) is 0. The van der Waals surface area contributed by atoms with E-state index < -0.39 is 0 Å². The summed E-state index contributed by atoms with van der Waals surface area (Å²) in [6.07, 6.45) is 3.22. The maximum absolute atomic E-state index is 9.17. The second-order valence-electron chi connectivity index (χ2n) is 4.67. The van der Waals surface area contributed by atoms with E-state index >= 15 is 0 Å². The summed E-state index contributed by atoms with van der Waals surface area (Å²) in [7, 11) is 0.